The molecule has 0 saturated carbocycles. The van der Waals surface area contributed by atoms with Crippen LogP contribution in [-0.4, -0.2) is 53.1 Å². The number of fused-ring (bicyclic) bond motifs is 6. The molecule has 0 amide bonds. The molecule has 0 aromatic carbocycles. The van der Waals surface area contributed by atoms with Gasteiger partial charge in [-0.25, -0.2) is 0 Å². The molecular weight excluding hydrogens is 198 g/mol. The molecule has 86 valence electrons. The summed E-state index contributed by atoms with van der Waals surface area (Å²) in [5.74, 6) is 0. The second-order valence-electron chi connectivity index (χ2n) is 5.41. The van der Waals surface area contributed by atoms with Gasteiger partial charge < -0.3 is 4.90 Å². The highest BCUT2D eigenvalue weighted by molar-refractivity contribution is 5.19. The monoisotopic (exact) mass is 217 g/mol. The fraction of sp³-hybridized carbons (Fsp3) is 0.692. The number of hydrogen-bond donors (Lipinski definition) is 0. The lowest BCUT2D eigenvalue weighted by atomic mass is 10.1. The van der Waals surface area contributed by atoms with Crippen molar-refractivity contribution in [2.45, 2.75) is 31.5 Å². The van der Waals surface area contributed by atoms with Crippen LogP contribution in [0.1, 0.15) is 19.3 Å². The van der Waals surface area contributed by atoms with E-state index in [2.05, 4.69) is 33.1 Å². The summed E-state index contributed by atoms with van der Waals surface area (Å²) in [6.45, 7) is 4.98. The molecule has 3 saturated heterocycles. The van der Waals surface area contributed by atoms with E-state index >= 15 is 0 Å². The van der Waals surface area contributed by atoms with Gasteiger partial charge in [-0.3, -0.25) is 9.80 Å². The number of nitrogens with zero attached hydrogens (tertiary/aromatic N) is 3. The molecule has 0 spiro atoms. The molecule has 16 heavy (non-hydrogen) atoms. The van der Waals surface area contributed by atoms with E-state index in [4.69, 9.17) is 0 Å². The van der Waals surface area contributed by atoms with Crippen LogP contribution >= 0.6 is 0 Å². The zero-order valence-electron chi connectivity index (χ0n) is 9.68. The summed E-state index contributed by atoms with van der Waals surface area (Å²) < 4.78 is 0. The minimum atomic E-state index is 0.687. The number of allylic oxidation sites excluding steroid dienone is 2. The molecule has 0 aromatic rings. The van der Waals surface area contributed by atoms with Crippen LogP contribution in [0.25, 0.3) is 0 Å². The Labute approximate surface area is 97.0 Å². The van der Waals surface area contributed by atoms with E-state index in [9.17, 15) is 0 Å². The molecule has 0 aromatic heterocycles. The summed E-state index contributed by atoms with van der Waals surface area (Å²) in [6.07, 6.45) is 11.6. The SMILES string of the molecule is C1=CN2CC3N4CCCC(C4)N3CC2=CC1. The maximum absolute atomic E-state index is 2.74. The molecule has 3 unspecified atom stereocenters. The largest absolute Gasteiger partial charge is 0.348 e. The fourth-order valence-corrected chi connectivity index (χ4v) is 3.73. The second-order valence-corrected chi connectivity index (χ2v) is 5.41. The van der Waals surface area contributed by atoms with Crippen LogP contribution in [0.3, 0.4) is 0 Å². The first kappa shape index (κ1) is 9.25. The molecule has 0 radical (unpaired) electrons. The van der Waals surface area contributed by atoms with Crippen molar-refractivity contribution >= 4 is 0 Å². The van der Waals surface area contributed by atoms with Gasteiger partial charge in [0, 0.05) is 31.0 Å². The average molecular weight is 217 g/mol. The van der Waals surface area contributed by atoms with Gasteiger partial charge in [-0.1, -0.05) is 12.2 Å². The van der Waals surface area contributed by atoms with Gasteiger partial charge in [-0.15, -0.1) is 0 Å². The van der Waals surface area contributed by atoms with Crippen molar-refractivity contribution in [1.82, 2.24) is 14.7 Å². The quantitative estimate of drug-likeness (QED) is 0.604. The maximum atomic E-state index is 2.74. The number of hydrogen-bond acceptors (Lipinski definition) is 3. The third-order valence-corrected chi connectivity index (χ3v) is 4.55. The fourth-order valence-electron chi connectivity index (χ4n) is 3.73. The molecule has 0 N–H and O–H groups in total. The van der Waals surface area contributed by atoms with Crippen molar-refractivity contribution in [3.05, 3.63) is 24.0 Å². The summed E-state index contributed by atoms with van der Waals surface area (Å²) in [4.78, 5) is 7.90. The van der Waals surface area contributed by atoms with Crippen LogP contribution in [0.5, 0.6) is 0 Å². The third-order valence-electron chi connectivity index (χ3n) is 4.55. The summed E-state index contributed by atoms with van der Waals surface area (Å²) in [5.41, 5.74) is 1.53. The van der Waals surface area contributed by atoms with E-state index in [1.165, 1.54) is 44.7 Å². The van der Waals surface area contributed by atoms with E-state index in [0.29, 0.717) is 6.17 Å². The molecular formula is C13H19N3. The Morgan fingerprint density at radius 1 is 1.25 bits per heavy atom. The first-order valence-corrected chi connectivity index (χ1v) is 6.54. The lowest BCUT2D eigenvalue weighted by molar-refractivity contribution is 0.0840. The highest BCUT2D eigenvalue weighted by Crippen LogP contribution is 2.34. The van der Waals surface area contributed by atoms with E-state index in [0.717, 1.165) is 12.5 Å². The minimum Gasteiger partial charge on any atom is -0.348 e. The van der Waals surface area contributed by atoms with Crippen molar-refractivity contribution in [2.24, 2.45) is 0 Å². The van der Waals surface area contributed by atoms with E-state index in [1.807, 2.05) is 0 Å². The minimum absolute atomic E-state index is 0.687. The van der Waals surface area contributed by atoms with Gasteiger partial charge >= 0.3 is 0 Å². The molecule has 4 heterocycles. The predicted molar refractivity (Wildman–Crippen MR) is 63.6 cm³/mol. The summed E-state index contributed by atoms with van der Waals surface area (Å²) in [7, 11) is 0. The van der Waals surface area contributed by atoms with Crippen molar-refractivity contribution in [3.8, 4) is 0 Å². The Balaban J connectivity index is 1.64. The molecule has 3 heteroatoms. The summed E-state index contributed by atoms with van der Waals surface area (Å²) in [6, 6.07) is 0.840. The standard InChI is InChI=1S/C13H19N3/c1-2-6-14-10-13-15-7-3-5-12(8-15)16(13)9-11(14)4-1/h2,4,6,12-13H,1,3,5,7-10H2. The van der Waals surface area contributed by atoms with Gasteiger partial charge in [-0.05, 0) is 25.8 Å². The van der Waals surface area contributed by atoms with Gasteiger partial charge in [0.05, 0.1) is 12.7 Å². The second kappa shape index (κ2) is 3.34. The first-order chi connectivity index (χ1) is 7.92. The summed E-state index contributed by atoms with van der Waals surface area (Å²) >= 11 is 0. The maximum Gasteiger partial charge on any atom is 0.0814 e. The Hall–Kier alpha value is -0.800. The zero-order chi connectivity index (χ0) is 10.5. The van der Waals surface area contributed by atoms with Crippen LogP contribution in [0.4, 0.5) is 0 Å². The molecule has 4 rings (SSSR count). The average Bonchev–Trinajstić information content (AvgIpc) is 2.59. The Bertz CT molecular complexity index is 360. The smallest absolute Gasteiger partial charge is 0.0814 e. The molecule has 4 aliphatic heterocycles. The van der Waals surface area contributed by atoms with Gasteiger partial charge in [0.1, 0.15) is 0 Å². The summed E-state index contributed by atoms with van der Waals surface area (Å²) in [5, 5.41) is 0. The topological polar surface area (TPSA) is 9.72 Å². The zero-order valence-corrected chi connectivity index (χ0v) is 9.68. The van der Waals surface area contributed by atoms with Crippen molar-refractivity contribution in [3.63, 3.8) is 0 Å². The van der Waals surface area contributed by atoms with E-state index in [1.54, 1.807) is 0 Å². The molecule has 3 atom stereocenters. The predicted octanol–water partition coefficient (Wildman–Crippen LogP) is 1.21. The lowest BCUT2D eigenvalue weighted by Gasteiger charge is -2.42. The molecule has 4 aliphatic rings. The highest BCUT2D eigenvalue weighted by atomic mass is 15.5. The van der Waals surface area contributed by atoms with Crippen LogP contribution in [0.2, 0.25) is 0 Å². The van der Waals surface area contributed by atoms with Crippen molar-refractivity contribution in [2.75, 3.05) is 26.2 Å². The van der Waals surface area contributed by atoms with Gasteiger partial charge in [0.15, 0.2) is 0 Å². The van der Waals surface area contributed by atoms with Crippen LogP contribution < -0.4 is 0 Å². The lowest BCUT2D eigenvalue weighted by Crippen LogP contribution is -2.52. The number of piperidine rings is 1. The highest BCUT2D eigenvalue weighted by Gasteiger charge is 2.45. The molecule has 3 fully saturated rings. The molecule has 2 bridgehead atoms. The first-order valence-electron chi connectivity index (χ1n) is 6.54. The van der Waals surface area contributed by atoms with Crippen molar-refractivity contribution < 1.29 is 0 Å². The van der Waals surface area contributed by atoms with Crippen LogP contribution in [-0.2, 0) is 0 Å². The van der Waals surface area contributed by atoms with Crippen molar-refractivity contribution in [1.29, 1.82) is 0 Å². The van der Waals surface area contributed by atoms with Crippen LogP contribution in [0.15, 0.2) is 24.0 Å². The normalized spacial score (nSPS) is 41.6. The van der Waals surface area contributed by atoms with Gasteiger partial charge in [0.2, 0.25) is 0 Å². The van der Waals surface area contributed by atoms with Crippen LogP contribution in [0, 0.1) is 0 Å². The molecule has 0 aliphatic carbocycles. The Morgan fingerprint density at radius 3 is 3.25 bits per heavy atom. The van der Waals surface area contributed by atoms with E-state index < -0.39 is 0 Å². The number of rotatable bonds is 0. The van der Waals surface area contributed by atoms with Gasteiger partial charge in [0.25, 0.3) is 0 Å². The number of piperazine rings is 1. The Kier molecular flexibility index (Phi) is 1.93. The third kappa shape index (κ3) is 1.22. The van der Waals surface area contributed by atoms with Gasteiger partial charge in [-0.2, -0.15) is 0 Å². The van der Waals surface area contributed by atoms with E-state index in [-0.39, 0.29) is 0 Å². The molecule has 3 nitrogen and oxygen atoms in total. The Morgan fingerprint density at radius 2 is 2.25 bits per heavy atom.